The number of oxazole rings is 1. The Bertz CT molecular complexity index is 264. The molecule has 0 saturated heterocycles. The average Bonchev–Trinajstić information content (AvgIpc) is 2.39. The van der Waals surface area contributed by atoms with Crippen molar-refractivity contribution in [2.45, 2.75) is 6.42 Å². The fourth-order valence-electron chi connectivity index (χ4n) is 0.563. The summed E-state index contributed by atoms with van der Waals surface area (Å²) >= 11 is 0. The first-order valence-electron chi connectivity index (χ1n) is 2.83. The molecule has 0 atom stereocenters. The molecule has 0 saturated carbocycles. The smallest absolute Gasteiger partial charge is 0.372 e. The molecule has 0 aliphatic rings. The van der Waals surface area contributed by atoms with E-state index in [1.165, 1.54) is 6.20 Å². The first kappa shape index (κ1) is 7.46. The van der Waals surface area contributed by atoms with Crippen LogP contribution in [-0.2, 0) is 16.0 Å². The summed E-state index contributed by atoms with van der Waals surface area (Å²) in [4.78, 5) is 24.1. The van der Waals surface area contributed by atoms with E-state index >= 15 is 0 Å². The van der Waals surface area contributed by atoms with Gasteiger partial charge in [-0.2, -0.15) is 0 Å². The summed E-state index contributed by atoms with van der Waals surface area (Å²) < 4.78 is 4.66. The maximum Gasteiger partial charge on any atom is 0.372 e. The molecular weight excluding hydrogens is 150 g/mol. The Balaban J connectivity index is 2.57. The minimum Gasteiger partial charge on any atom is -0.475 e. The number of rotatable bonds is 3. The van der Waals surface area contributed by atoms with Gasteiger partial charge in [-0.3, -0.25) is 4.79 Å². The number of carboxylic acid groups (broad SMARTS) is 1. The third-order valence-electron chi connectivity index (χ3n) is 1.06. The van der Waals surface area contributed by atoms with Crippen LogP contribution >= 0.6 is 0 Å². The molecule has 58 valence electrons. The highest BCUT2D eigenvalue weighted by molar-refractivity contribution is 6.33. The van der Waals surface area contributed by atoms with E-state index in [2.05, 4.69) is 9.40 Å². The SMILES string of the molecule is O=C(O)C(=O)Cc1cnco1. The Hall–Kier alpha value is -1.65. The molecule has 0 spiro atoms. The van der Waals surface area contributed by atoms with Gasteiger partial charge in [0.25, 0.3) is 0 Å². The molecule has 1 aromatic rings. The fraction of sp³-hybridized carbons (Fsp3) is 0.167. The first-order valence-corrected chi connectivity index (χ1v) is 2.83. The van der Waals surface area contributed by atoms with E-state index in [9.17, 15) is 9.59 Å². The van der Waals surface area contributed by atoms with Crippen LogP contribution in [0.5, 0.6) is 0 Å². The maximum atomic E-state index is 10.5. The van der Waals surface area contributed by atoms with Gasteiger partial charge in [-0.1, -0.05) is 0 Å². The maximum absolute atomic E-state index is 10.5. The lowest BCUT2D eigenvalue weighted by molar-refractivity contribution is -0.148. The summed E-state index contributed by atoms with van der Waals surface area (Å²) in [6.45, 7) is 0. The molecule has 0 aliphatic heterocycles. The second-order valence-electron chi connectivity index (χ2n) is 1.87. The number of carboxylic acids is 1. The summed E-state index contributed by atoms with van der Waals surface area (Å²) in [6, 6.07) is 0. The summed E-state index contributed by atoms with van der Waals surface area (Å²) in [7, 11) is 0. The monoisotopic (exact) mass is 155 g/mol. The van der Waals surface area contributed by atoms with E-state index in [1.807, 2.05) is 0 Å². The number of hydrogen-bond donors (Lipinski definition) is 1. The zero-order valence-corrected chi connectivity index (χ0v) is 5.48. The number of ketones is 1. The van der Waals surface area contributed by atoms with E-state index in [0.717, 1.165) is 6.39 Å². The molecule has 0 fully saturated rings. The van der Waals surface area contributed by atoms with Crippen molar-refractivity contribution < 1.29 is 19.1 Å². The third-order valence-corrected chi connectivity index (χ3v) is 1.06. The van der Waals surface area contributed by atoms with Crippen molar-refractivity contribution in [2.24, 2.45) is 0 Å². The Morgan fingerprint density at radius 1 is 1.64 bits per heavy atom. The Morgan fingerprint density at radius 3 is 2.82 bits per heavy atom. The second-order valence-corrected chi connectivity index (χ2v) is 1.87. The normalized spacial score (nSPS) is 9.45. The molecule has 11 heavy (non-hydrogen) atoms. The van der Waals surface area contributed by atoms with Gasteiger partial charge in [0, 0.05) is 0 Å². The largest absolute Gasteiger partial charge is 0.475 e. The number of carbonyl (C=O) groups excluding carboxylic acids is 1. The summed E-state index contributed by atoms with van der Waals surface area (Å²) in [6.07, 6.45) is 2.21. The number of hydrogen-bond acceptors (Lipinski definition) is 4. The molecule has 0 aromatic carbocycles. The number of carbonyl (C=O) groups is 2. The Labute approximate surface area is 61.7 Å². The van der Waals surface area contributed by atoms with Gasteiger partial charge in [0.2, 0.25) is 5.78 Å². The molecule has 0 aliphatic carbocycles. The zero-order valence-electron chi connectivity index (χ0n) is 5.48. The lowest BCUT2D eigenvalue weighted by Crippen LogP contribution is -2.14. The van der Waals surface area contributed by atoms with Gasteiger partial charge in [0.15, 0.2) is 6.39 Å². The second kappa shape index (κ2) is 2.96. The Morgan fingerprint density at radius 2 is 2.36 bits per heavy atom. The standard InChI is InChI=1S/C6H5NO4/c8-5(6(9)10)1-4-2-7-3-11-4/h2-3H,1H2,(H,9,10). The van der Waals surface area contributed by atoms with Crippen molar-refractivity contribution in [3.8, 4) is 0 Å². The van der Waals surface area contributed by atoms with Gasteiger partial charge in [0.05, 0.1) is 12.6 Å². The first-order chi connectivity index (χ1) is 5.20. The van der Waals surface area contributed by atoms with Crippen LogP contribution in [0.15, 0.2) is 17.0 Å². The minimum atomic E-state index is -1.46. The Kier molecular flexibility index (Phi) is 2.00. The molecule has 0 amide bonds. The lowest BCUT2D eigenvalue weighted by atomic mass is 10.2. The fourth-order valence-corrected chi connectivity index (χ4v) is 0.563. The van der Waals surface area contributed by atoms with Crippen molar-refractivity contribution in [1.29, 1.82) is 0 Å². The number of aromatic nitrogens is 1. The van der Waals surface area contributed by atoms with Gasteiger partial charge < -0.3 is 9.52 Å². The minimum absolute atomic E-state index is 0.241. The van der Waals surface area contributed by atoms with Gasteiger partial charge in [-0.05, 0) is 0 Å². The van der Waals surface area contributed by atoms with Crippen LogP contribution in [-0.4, -0.2) is 21.8 Å². The third kappa shape index (κ3) is 1.89. The van der Waals surface area contributed by atoms with Gasteiger partial charge in [0.1, 0.15) is 5.76 Å². The van der Waals surface area contributed by atoms with Crippen molar-refractivity contribution in [3.63, 3.8) is 0 Å². The van der Waals surface area contributed by atoms with Crippen LogP contribution in [0, 0.1) is 0 Å². The highest BCUT2D eigenvalue weighted by Gasteiger charge is 2.13. The van der Waals surface area contributed by atoms with E-state index in [1.54, 1.807) is 0 Å². The predicted molar refractivity (Wildman–Crippen MR) is 32.8 cm³/mol. The molecule has 0 bridgehead atoms. The van der Waals surface area contributed by atoms with E-state index in [-0.39, 0.29) is 12.2 Å². The summed E-state index contributed by atoms with van der Waals surface area (Å²) in [5.41, 5.74) is 0. The van der Waals surface area contributed by atoms with Crippen LogP contribution < -0.4 is 0 Å². The van der Waals surface area contributed by atoms with Crippen LogP contribution in [0.4, 0.5) is 0 Å². The van der Waals surface area contributed by atoms with Gasteiger partial charge >= 0.3 is 5.97 Å². The zero-order chi connectivity index (χ0) is 8.27. The molecule has 1 rings (SSSR count). The van der Waals surface area contributed by atoms with Gasteiger partial charge in [-0.25, -0.2) is 9.78 Å². The average molecular weight is 155 g/mol. The van der Waals surface area contributed by atoms with Crippen LogP contribution in [0.3, 0.4) is 0 Å². The molecule has 0 radical (unpaired) electrons. The lowest BCUT2D eigenvalue weighted by Gasteiger charge is -1.88. The number of Topliss-reactive ketones (excluding diaryl/α,β-unsaturated/α-hetero) is 1. The number of aliphatic carboxylic acids is 1. The molecule has 5 heteroatoms. The van der Waals surface area contributed by atoms with E-state index in [4.69, 9.17) is 5.11 Å². The highest BCUT2D eigenvalue weighted by atomic mass is 16.4. The van der Waals surface area contributed by atoms with Crippen molar-refractivity contribution in [3.05, 3.63) is 18.4 Å². The number of nitrogens with zero attached hydrogens (tertiary/aromatic N) is 1. The quantitative estimate of drug-likeness (QED) is 0.615. The van der Waals surface area contributed by atoms with E-state index < -0.39 is 11.8 Å². The predicted octanol–water partition coefficient (Wildman–Crippen LogP) is -0.129. The molecule has 1 aromatic heterocycles. The van der Waals surface area contributed by atoms with Crippen molar-refractivity contribution in [2.75, 3.05) is 0 Å². The molecular formula is C6H5NO4. The van der Waals surface area contributed by atoms with Crippen molar-refractivity contribution in [1.82, 2.24) is 4.98 Å². The molecule has 1 N–H and O–H groups in total. The molecule has 1 heterocycles. The van der Waals surface area contributed by atoms with Crippen LogP contribution in [0.1, 0.15) is 5.76 Å². The van der Waals surface area contributed by atoms with Crippen LogP contribution in [0.25, 0.3) is 0 Å². The van der Waals surface area contributed by atoms with E-state index in [0.29, 0.717) is 0 Å². The van der Waals surface area contributed by atoms with Crippen molar-refractivity contribution >= 4 is 11.8 Å². The topological polar surface area (TPSA) is 80.4 Å². The summed E-state index contributed by atoms with van der Waals surface area (Å²) in [5, 5.41) is 8.17. The summed E-state index contributed by atoms with van der Waals surface area (Å²) in [5.74, 6) is -2.10. The molecule has 5 nitrogen and oxygen atoms in total. The van der Waals surface area contributed by atoms with Crippen LogP contribution in [0.2, 0.25) is 0 Å². The van der Waals surface area contributed by atoms with Gasteiger partial charge in [-0.15, -0.1) is 0 Å². The highest BCUT2D eigenvalue weighted by Crippen LogP contribution is 1.97. The molecule has 0 unspecified atom stereocenters.